The molecule has 1 aliphatic rings. The van der Waals surface area contributed by atoms with Gasteiger partial charge in [-0.05, 0) is 42.2 Å². The average molecular weight is 332 g/mol. The number of benzene rings is 1. The average Bonchev–Trinajstić information content (AvgIpc) is 2.59. The van der Waals surface area contributed by atoms with E-state index in [9.17, 15) is 4.79 Å². The van der Waals surface area contributed by atoms with Crippen molar-refractivity contribution in [2.75, 3.05) is 26.3 Å². The van der Waals surface area contributed by atoms with Crippen LogP contribution < -0.4 is 0 Å². The fourth-order valence-corrected chi connectivity index (χ4v) is 3.19. The summed E-state index contributed by atoms with van der Waals surface area (Å²) in [6, 6.07) is 8.88. The second-order valence-electron chi connectivity index (χ2n) is 7.64. The van der Waals surface area contributed by atoms with Gasteiger partial charge in [-0.2, -0.15) is 0 Å². The molecule has 1 aromatic rings. The zero-order chi connectivity index (χ0) is 17.5. The summed E-state index contributed by atoms with van der Waals surface area (Å²) in [5, 5.41) is 0. The van der Waals surface area contributed by atoms with Crippen molar-refractivity contribution in [2.24, 2.45) is 11.8 Å². The number of hydrogen-bond acceptors (Lipinski definition) is 2. The van der Waals surface area contributed by atoms with Gasteiger partial charge in [-0.25, -0.2) is 0 Å². The van der Waals surface area contributed by atoms with Gasteiger partial charge < -0.3 is 9.64 Å². The van der Waals surface area contributed by atoms with E-state index in [0.29, 0.717) is 17.7 Å². The van der Waals surface area contributed by atoms with Gasteiger partial charge >= 0.3 is 0 Å². The zero-order valence-electron chi connectivity index (χ0n) is 15.8. The van der Waals surface area contributed by atoms with Crippen molar-refractivity contribution in [2.45, 2.75) is 52.9 Å². The second-order valence-corrected chi connectivity index (χ2v) is 7.64. The molecule has 0 N–H and O–H groups in total. The topological polar surface area (TPSA) is 29.5 Å². The van der Waals surface area contributed by atoms with Gasteiger partial charge in [0.2, 0.25) is 5.91 Å². The number of likely N-dealkylation sites (tertiary alicyclic amines) is 1. The molecule has 0 atom stereocenters. The van der Waals surface area contributed by atoms with Crippen molar-refractivity contribution in [1.82, 2.24) is 4.90 Å². The maximum Gasteiger partial charge on any atom is 0.225 e. The molecule has 1 amide bonds. The second kappa shape index (κ2) is 9.22. The molecule has 1 aliphatic heterocycles. The molecule has 24 heavy (non-hydrogen) atoms. The van der Waals surface area contributed by atoms with Gasteiger partial charge in [-0.1, -0.05) is 52.0 Å². The van der Waals surface area contributed by atoms with Gasteiger partial charge in [0.05, 0.1) is 6.61 Å². The number of hydrogen-bond donors (Lipinski definition) is 0. The largest absolute Gasteiger partial charge is 0.381 e. The summed E-state index contributed by atoms with van der Waals surface area (Å²) in [5.41, 5.74) is 2.74. The molecule has 0 radical (unpaired) electrons. The summed E-state index contributed by atoms with van der Waals surface area (Å²) in [6.07, 6.45) is 3.12. The molecule has 1 saturated heterocycles. The minimum Gasteiger partial charge on any atom is -0.381 e. The van der Waals surface area contributed by atoms with Crippen LogP contribution in [0.2, 0.25) is 0 Å². The van der Waals surface area contributed by atoms with Crippen LogP contribution in [0.15, 0.2) is 24.3 Å². The van der Waals surface area contributed by atoms with Crippen LogP contribution in [0.25, 0.3) is 0 Å². The predicted molar refractivity (Wildman–Crippen MR) is 99.2 cm³/mol. The normalized spacial score (nSPS) is 16.2. The Balaban J connectivity index is 1.62. The van der Waals surface area contributed by atoms with Gasteiger partial charge in [0.15, 0.2) is 0 Å². The lowest BCUT2D eigenvalue weighted by atomic mass is 9.97. The van der Waals surface area contributed by atoms with Gasteiger partial charge in [0.1, 0.15) is 0 Å². The van der Waals surface area contributed by atoms with Crippen LogP contribution in [0.4, 0.5) is 0 Å². The summed E-state index contributed by atoms with van der Waals surface area (Å²) in [6.45, 7) is 11.8. The highest BCUT2D eigenvalue weighted by Gasteiger charge is 2.24. The van der Waals surface area contributed by atoms with E-state index >= 15 is 0 Å². The van der Waals surface area contributed by atoms with Crippen molar-refractivity contribution in [3.63, 3.8) is 0 Å². The Kier molecular flexibility index (Phi) is 7.29. The Bertz CT molecular complexity index is 499. The molecule has 3 heteroatoms. The van der Waals surface area contributed by atoms with Gasteiger partial charge in [-0.3, -0.25) is 4.79 Å². The Morgan fingerprint density at radius 3 is 2.29 bits per heavy atom. The summed E-state index contributed by atoms with van der Waals surface area (Å²) >= 11 is 0. The van der Waals surface area contributed by atoms with Crippen LogP contribution in [0.3, 0.4) is 0 Å². The van der Waals surface area contributed by atoms with E-state index in [1.165, 1.54) is 11.1 Å². The number of piperidine rings is 1. The first kappa shape index (κ1) is 19.0. The first-order valence-electron chi connectivity index (χ1n) is 9.42. The van der Waals surface area contributed by atoms with Crippen LogP contribution in [0.5, 0.6) is 0 Å². The molecule has 3 nitrogen and oxygen atoms in total. The third-order valence-electron chi connectivity index (χ3n) is 4.96. The SMILES string of the molecule is CC(C)C(=O)N1CCC(COCCc2ccc(C(C)C)cc2)CC1. The fraction of sp³-hybridized carbons (Fsp3) is 0.667. The number of rotatable bonds is 7. The standard InChI is InChI=1S/C21H33NO2/c1-16(2)20-7-5-18(6-8-20)11-14-24-15-19-9-12-22(13-10-19)21(23)17(3)4/h5-8,16-17,19H,9-15H2,1-4H3. The van der Waals surface area contributed by atoms with Gasteiger partial charge in [-0.15, -0.1) is 0 Å². The smallest absolute Gasteiger partial charge is 0.225 e. The van der Waals surface area contributed by atoms with Crippen LogP contribution in [0, 0.1) is 11.8 Å². The Morgan fingerprint density at radius 2 is 1.75 bits per heavy atom. The molecular weight excluding hydrogens is 298 g/mol. The lowest BCUT2D eigenvalue weighted by Crippen LogP contribution is -2.41. The monoisotopic (exact) mass is 331 g/mol. The molecule has 2 rings (SSSR count). The van der Waals surface area contributed by atoms with Crippen LogP contribution >= 0.6 is 0 Å². The first-order valence-corrected chi connectivity index (χ1v) is 9.42. The van der Waals surface area contributed by atoms with Crippen molar-refractivity contribution in [1.29, 1.82) is 0 Å². The predicted octanol–water partition coefficient (Wildman–Crippen LogP) is 4.26. The zero-order valence-corrected chi connectivity index (χ0v) is 15.8. The first-order chi connectivity index (χ1) is 11.5. The quantitative estimate of drug-likeness (QED) is 0.699. The van der Waals surface area contributed by atoms with Crippen molar-refractivity contribution in [3.8, 4) is 0 Å². The summed E-state index contributed by atoms with van der Waals surface area (Å²) in [7, 11) is 0. The van der Waals surface area contributed by atoms with E-state index in [2.05, 4.69) is 38.1 Å². The van der Waals surface area contributed by atoms with Gasteiger partial charge in [0.25, 0.3) is 0 Å². The third-order valence-corrected chi connectivity index (χ3v) is 4.96. The van der Waals surface area contributed by atoms with E-state index in [1.807, 2.05) is 18.7 Å². The Labute approximate surface area is 147 Å². The minimum atomic E-state index is 0.111. The number of carbonyl (C=O) groups excluding carboxylic acids is 1. The maximum absolute atomic E-state index is 12.0. The maximum atomic E-state index is 12.0. The van der Waals surface area contributed by atoms with Crippen LogP contribution in [-0.2, 0) is 16.0 Å². The number of amides is 1. The number of ether oxygens (including phenoxy) is 1. The molecule has 0 saturated carbocycles. The molecule has 0 aromatic heterocycles. The fourth-order valence-electron chi connectivity index (χ4n) is 3.19. The summed E-state index contributed by atoms with van der Waals surface area (Å²) in [5.74, 6) is 1.59. The Morgan fingerprint density at radius 1 is 1.12 bits per heavy atom. The van der Waals surface area contributed by atoms with Crippen molar-refractivity contribution >= 4 is 5.91 Å². The molecular formula is C21H33NO2. The molecule has 0 aliphatic carbocycles. The van der Waals surface area contributed by atoms with Crippen molar-refractivity contribution < 1.29 is 9.53 Å². The molecule has 0 bridgehead atoms. The van der Waals surface area contributed by atoms with Crippen molar-refractivity contribution in [3.05, 3.63) is 35.4 Å². The molecule has 1 heterocycles. The van der Waals surface area contributed by atoms with E-state index in [4.69, 9.17) is 4.74 Å². The third kappa shape index (κ3) is 5.62. The summed E-state index contributed by atoms with van der Waals surface area (Å²) in [4.78, 5) is 14.0. The molecule has 1 fully saturated rings. The lowest BCUT2D eigenvalue weighted by Gasteiger charge is -2.33. The minimum absolute atomic E-state index is 0.111. The van der Waals surface area contributed by atoms with E-state index in [-0.39, 0.29) is 5.92 Å². The molecule has 1 aromatic carbocycles. The highest BCUT2D eigenvalue weighted by molar-refractivity contribution is 5.78. The molecule has 0 unspecified atom stereocenters. The van der Waals surface area contributed by atoms with Crippen LogP contribution in [0.1, 0.15) is 57.6 Å². The highest BCUT2D eigenvalue weighted by atomic mass is 16.5. The highest BCUT2D eigenvalue weighted by Crippen LogP contribution is 2.19. The molecule has 0 spiro atoms. The van der Waals surface area contributed by atoms with E-state index in [1.54, 1.807) is 0 Å². The number of carbonyl (C=O) groups is 1. The van der Waals surface area contributed by atoms with Crippen LogP contribution in [-0.4, -0.2) is 37.1 Å². The van der Waals surface area contributed by atoms with E-state index in [0.717, 1.165) is 45.6 Å². The van der Waals surface area contributed by atoms with Gasteiger partial charge in [0, 0.05) is 25.6 Å². The Hall–Kier alpha value is -1.35. The summed E-state index contributed by atoms with van der Waals surface area (Å²) < 4.78 is 5.89. The number of nitrogens with zero attached hydrogens (tertiary/aromatic N) is 1. The lowest BCUT2D eigenvalue weighted by molar-refractivity contribution is -0.136. The van der Waals surface area contributed by atoms with E-state index < -0.39 is 0 Å². The molecule has 134 valence electrons.